The molecule has 2 aliphatic carbocycles. The SMILES string of the molecule is CN(C)CCC1=C2C=CC=CC2C=C1. The molecule has 0 aromatic carbocycles. The van der Waals surface area contributed by atoms with Crippen LogP contribution in [0.3, 0.4) is 0 Å². The number of fused-ring (bicyclic) bond motifs is 1. The normalized spacial score (nSPS) is 23.8. The third kappa shape index (κ3) is 1.88. The fourth-order valence-electron chi connectivity index (χ4n) is 1.93. The second kappa shape index (κ2) is 3.97. The van der Waals surface area contributed by atoms with Crippen LogP contribution in [-0.2, 0) is 0 Å². The highest BCUT2D eigenvalue weighted by molar-refractivity contribution is 5.48. The molecule has 0 N–H and O–H groups in total. The Morgan fingerprint density at radius 3 is 2.79 bits per heavy atom. The molecule has 0 fully saturated rings. The Balaban J connectivity index is 2.08. The Hall–Kier alpha value is -1.08. The lowest BCUT2D eigenvalue weighted by Crippen LogP contribution is -2.13. The highest BCUT2D eigenvalue weighted by Crippen LogP contribution is 2.31. The topological polar surface area (TPSA) is 3.24 Å². The van der Waals surface area contributed by atoms with Crippen molar-refractivity contribution in [3.8, 4) is 0 Å². The predicted molar refractivity (Wildman–Crippen MR) is 61.1 cm³/mol. The van der Waals surface area contributed by atoms with Gasteiger partial charge in [-0.05, 0) is 31.7 Å². The minimum absolute atomic E-state index is 0.553. The second-order valence-electron chi connectivity index (χ2n) is 4.16. The van der Waals surface area contributed by atoms with Gasteiger partial charge < -0.3 is 4.90 Å². The van der Waals surface area contributed by atoms with E-state index < -0.39 is 0 Å². The van der Waals surface area contributed by atoms with E-state index in [0.717, 1.165) is 13.0 Å². The molecular formula is C13H17N. The molecule has 1 unspecified atom stereocenters. The quantitative estimate of drug-likeness (QED) is 0.656. The van der Waals surface area contributed by atoms with Crippen molar-refractivity contribution in [3.63, 3.8) is 0 Å². The van der Waals surface area contributed by atoms with Crippen LogP contribution in [0.5, 0.6) is 0 Å². The molecule has 0 aromatic rings. The van der Waals surface area contributed by atoms with Crippen LogP contribution < -0.4 is 0 Å². The summed E-state index contributed by atoms with van der Waals surface area (Å²) in [6.07, 6.45) is 14.5. The largest absolute Gasteiger partial charge is 0.309 e. The summed E-state index contributed by atoms with van der Waals surface area (Å²) in [6.45, 7) is 1.13. The molecule has 1 nitrogen and oxygen atoms in total. The van der Waals surface area contributed by atoms with Crippen LogP contribution in [0, 0.1) is 5.92 Å². The molecule has 1 heteroatoms. The molecule has 74 valence electrons. The summed E-state index contributed by atoms with van der Waals surface area (Å²) >= 11 is 0. The second-order valence-corrected chi connectivity index (χ2v) is 4.16. The smallest absolute Gasteiger partial charge is 0.0207 e. The highest BCUT2D eigenvalue weighted by atomic mass is 15.0. The maximum atomic E-state index is 2.29. The first-order chi connectivity index (χ1) is 6.77. The van der Waals surface area contributed by atoms with Crippen LogP contribution in [0.4, 0.5) is 0 Å². The number of hydrogen-bond donors (Lipinski definition) is 0. The molecular weight excluding hydrogens is 170 g/mol. The maximum absolute atomic E-state index is 2.29. The van der Waals surface area contributed by atoms with Gasteiger partial charge >= 0.3 is 0 Å². The van der Waals surface area contributed by atoms with Gasteiger partial charge in [0.15, 0.2) is 0 Å². The Labute approximate surface area is 86.1 Å². The summed E-state index contributed by atoms with van der Waals surface area (Å²) in [6, 6.07) is 0. The van der Waals surface area contributed by atoms with E-state index in [-0.39, 0.29) is 0 Å². The Morgan fingerprint density at radius 1 is 1.14 bits per heavy atom. The van der Waals surface area contributed by atoms with E-state index in [0.29, 0.717) is 5.92 Å². The molecule has 2 rings (SSSR count). The van der Waals surface area contributed by atoms with Crippen LogP contribution in [0.2, 0.25) is 0 Å². The summed E-state index contributed by atoms with van der Waals surface area (Å²) in [4.78, 5) is 2.23. The van der Waals surface area contributed by atoms with Gasteiger partial charge in [-0.3, -0.25) is 0 Å². The standard InChI is InChI=1S/C13H17N/c1-14(2)10-9-12-8-7-11-5-3-4-6-13(11)12/h3-8,11H,9-10H2,1-2H3. The van der Waals surface area contributed by atoms with Crippen molar-refractivity contribution in [1.82, 2.24) is 4.90 Å². The van der Waals surface area contributed by atoms with Crippen LogP contribution >= 0.6 is 0 Å². The average Bonchev–Trinajstić information content (AvgIpc) is 2.58. The molecule has 0 radical (unpaired) electrons. The van der Waals surface area contributed by atoms with E-state index in [1.165, 1.54) is 11.1 Å². The number of nitrogens with zero attached hydrogens (tertiary/aromatic N) is 1. The Morgan fingerprint density at radius 2 is 2.00 bits per heavy atom. The first-order valence-corrected chi connectivity index (χ1v) is 5.18. The van der Waals surface area contributed by atoms with Gasteiger partial charge in [-0.25, -0.2) is 0 Å². The molecule has 0 heterocycles. The van der Waals surface area contributed by atoms with Crippen LogP contribution in [0.25, 0.3) is 0 Å². The fraction of sp³-hybridized carbons (Fsp3) is 0.385. The fourth-order valence-corrected chi connectivity index (χ4v) is 1.93. The Bertz CT molecular complexity index is 329. The van der Waals surface area contributed by atoms with Crippen LogP contribution in [-0.4, -0.2) is 25.5 Å². The van der Waals surface area contributed by atoms with Gasteiger partial charge in [0, 0.05) is 12.5 Å². The molecule has 2 aliphatic rings. The van der Waals surface area contributed by atoms with Gasteiger partial charge in [-0.2, -0.15) is 0 Å². The zero-order valence-electron chi connectivity index (χ0n) is 8.90. The first kappa shape index (κ1) is 9.47. The third-order valence-electron chi connectivity index (χ3n) is 2.77. The van der Waals surface area contributed by atoms with Crippen LogP contribution in [0.15, 0.2) is 47.6 Å². The zero-order valence-corrected chi connectivity index (χ0v) is 8.90. The van der Waals surface area contributed by atoms with Crippen molar-refractivity contribution in [1.29, 1.82) is 0 Å². The van der Waals surface area contributed by atoms with E-state index in [4.69, 9.17) is 0 Å². The number of rotatable bonds is 3. The molecule has 0 aliphatic heterocycles. The molecule has 0 saturated heterocycles. The van der Waals surface area contributed by atoms with E-state index in [1.807, 2.05) is 0 Å². The van der Waals surface area contributed by atoms with Crippen molar-refractivity contribution in [2.75, 3.05) is 20.6 Å². The Kier molecular flexibility index (Phi) is 2.69. The lowest BCUT2D eigenvalue weighted by atomic mass is 9.95. The lowest BCUT2D eigenvalue weighted by molar-refractivity contribution is 0.414. The molecule has 0 amide bonds. The summed E-state index contributed by atoms with van der Waals surface area (Å²) in [7, 11) is 4.25. The molecule has 1 atom stereocenters. The van der Waals surface area contributed by atoms with Crippen molar-refractivity contribution in [3.05, 3.63) is 47.6 Å². The van der Waals surface area contributed by atoms with E-state index >= 15 is 0 Å². The minimum Gasteiger partial charge on any atom is -0.309 e. The zero-order chi connectivity index (χ0) is 9.97. The summed E-state index contributed by atoms with van der Waals surface area (Å²) in [5.74, 6) is 0.553. The van der Waals surface area contributed by atoms with Gasteiger partial charge in [-0.1, -0.05) is 36.5 Å². The molecule has 0 spiro atoms. The van der Waals surface area contributed by atoms with E-state index in [2.05, 4.69) is 55.5 Å². The van der Waals surface area contributed by atoms with Crippen molar-refractivity contribution in [2.24, 2.45) is 5.92 Å². The van der Waals surface area contributed by atoms with E-state index in [9.17, 15) is 0 Å². The average molecular weight is 187 g/mol. The van der Waals surface area contributed by atoms with E-state index in [1.54, 1.807) is 0 Å². The first-order valence-electron chi connectivity index (χ1n) is 5.18. The number of allylic oxidation sites excluding steroid dienone is 7. The summed E-state index contributed by atoms with van der Waals surface area (Å²) < 4.78 is 0. The predicted octanol–water partition coefficient (Wildman–Crippen LogP) is 2.55. The molecule has 0 aromatic heterocycles. The van der Waals surface area contributed by atoms with Gasteiger partial charge in [0.1, 0.15) is 0 Å². The van der Waals surface area contributed by atoms with Gasteiger partial charge in [0.2, 0.25) is 0 Å². The van der Waals surface area contributed by atoms with Gasteiger partial charge in [0.25, 0.3) is 0 Å². The van der Waals surface area contributed by atoms with Crippen molar-refractivity contribution >= 4 is 0 Å². The van der Waals surface area contributed by atoms with Crippen molar-refractivity contribution < 1.29 is 0 Å². The monoisotopic (exact) mass is 187 g/mol. The lowest BCUT2D eigenvalue weighted by Gasteiger charge is -2.13. The van der Waals surface area contributed by atoms with Gasteiger partial charge in [0.05, 0.1) is 0 Å². The molecule has 0 bridgehead atoms. The third-order valence-corrected chi connectivity index (χ3v) is 2.77. The molecule has 0 saturated carbocycles. The van der Waals surface area contributed by atoms with Crippen molar-refractivity contribution in [2.45, 2.75) is 6.42 Å². The maximum Gasteiger partial charge on any atom is 0.0207 e. The van der Waals surface area contributed by atoms with Gasteiger partial charge in [-0.15, -0.1) is 0 Å². The molecule has 14 heavy (non-hydrogen) atoms. The van der Waals surface area contributed by atoms with Crippen LogP contribution in [0.1, 0.15) is 6.42 Å². The number of hydrogen-bond acceptors (Lipinski definition) is 1. The summed E-state index contributed by atoms with van der Waals surface area (Å²) in [5, 5.41) is 0. The minimum atomic E-state index is 0.553. The highest BCUT2D eigenvalue weighted by Gasteiger charge is 2.16. The summed E-state index contributed by atoms with van der Waals surface area (Å²) in [5.41, 5.74) is 3.00.